The van der Waals surface area contributed by atoms with Crippen LogP contribution in [-0.4, -0.2) is 11.5 Å². The summed E-state index contributed by atoms with van der Waals surface area (Å²) in [7, 11) is 0. The minimum absolute atomic E-state index is 0.0966. The summed E-state index contributed by atoms with van der Waals surface area (Å²) in [6.07, 6.45) is 0. The maximum Gasteiger partial charge on any atom is 0.169 e. The van der Waals surface area contributed by atoms with Gasteiger partial charge < -0.3 is 10.6 Å². The molecule has 0 radical (unpaired) electrons. The molecule has 2 aromatic rings. The second-order valence-electron chi connectivity index (χ2n) is 4.06. The van der Waals surface area contributed by atoms with Gasteiger partial charge in [-0.1, -0.05) is 23.2 Å². The Balaban J connectivity index is 2.37. The SMILES string of the molecule is CCNc1nc(Nc2cc(Cl)c(F)c(Cl)c2)c(F)cc1F. The lowest BCUT2D eigenvalue weighted by Crippen LogP contribution is -2.06. The first-order valence-corrected chi connectivity index (χ1v) is 6.69. The van der Waals surface area contributed by atoms with Gasteiger partial charge in [-0.3, -0.25) is 0 Å². The van der Waals surface area contributed by atoms with Gasteiger partial charge in [0.05, 0.1) is 10.0 Å². The van der Waals surface area contributed by atoms with E-state index >= 15 is 0 Å². The number of rotatable bonds is 4. The molecule has 0 fully saturated rings. The van der Waals surface area contributed by atoms with Crippen molar-refractivity contribution in [1.29, 1.82) is 0 Å². The molecule has 0 saturated heterocycles. The number of anilines is 3. The second-order valence-corrected chi connectivity index (χ2v) is 4.87. The molecule has 1 aromatic heterocycles. The van der Waals surface area contributed by atoms with Gasteiger partial charge in [-0.15, -0.1) is 0 Å². The van der Waals surface area contributed by atoms with Gasteiger partial charge in [0.15, 0.2) is 29.1 Å². The van der Waals surface area contributed by atoms with Crippen LogP contribution in [0.25, 0.3) is 0 Å². The maximum atomic E-state index is 13.7. The summed E-state index contributed by atoms with van der Waals surface area (Å²) >= 11 is 11.3. The zero-order valence-corrected chi connectivity index (χ0v) is 12.3. The third kappa shape index (κ3) is 3.51. The summed E-state index contributed by atoms with van der Waals surface area (Å²) in [4.78, 5) is 3.79. The number of nitrogens with zero attached hydrogens (tertiary/aromatic N) is 1. The molecule has 112 valence electrons. The van der Waals surface area contributed by atoms with Crippen LogP contribution in [0.3, 0.4) is 0 Å². The van der Waals surface area contributed by atoms with E-state index in [2.05, 4.69) is 15.6 Å². The minimum atomic E-state index is -0.897. The Kier molecular flexibility index (Phi) is 4.80. The van der Waals surface area contributed by atoms with Crippen LogP contribution >= 0.6 is 23.2 Å². The van der Waals surface area contributed by atoms with Crippen molar-refractivity contribution in [2.45, 2.75) is 6.92 Å². The van der Waals surface area contributed by atoms with Crippen LogP contribution in [0.4, 0.5) is 30.5 Å². The van der Waals surface area contributed by atoms with E-state index in [1.807, 2.05) is 0 Å². The van der Waals surface area contributed by atoms with Crippen molar-refractivity contribution >= 4 is 40.5 Å². The molecule has 3 nitrogen and oxygen atoms in total. The van der Waals surface area contributed by atoms with Crippen LogP contribution in [0, 0.1) is 17.5 Å². The first kappa shape index (κ1) is 15.7. The number of benzene rings is 1. The molecule has 0 atom stereocenters. The molecule has 21 heavy (non-hydrogen) atoms. The fourth-order valence-electron chi connectivity index (χ4n) is 1.61. The molecule has 0 aliphatic rings. The van der Waals surface area contributed by atoms with Gasteiger partial charge in [-0.05, 0) is 19.1 Å². The largest absolute Gasteiger partial charge is 0.368 e. The molecule has 0 aliphatic heterocycles. The van der Waals surface area contributed by atoms with Gasteiger partial charge in [-0.25, -0.2) is 18.2 Å². The monoisotopic (exact) mass is 335 g/mol. The zero-order chi connectivity index (χ0) is 15.6. The number of nitrogens with one attached hydrogen (secondary N) is 2. The molecule has 0 spiro atoms. The highest BCUT2D eigenvalue weighted by atomic mass is 35.5. The maximum absolute atomic E-state index is 13.7. The Morgan fingerprint density at radius 1 is 1.00 bits per heavy atom. The molecule has 0 unspecified atom stereocenters. The second kappa shape index (κ2) is 6.41. The smallest absolute Gasteiger partial charge is 0.169 e. The molecular formula is C13H10Cl2F3N3. The van der Waals surface area contributed by atoms with Crippen molar-refractivity contribution in [2.24, 2.45) is 0 Å². The summed E-state index contributed by atoms with van der Waals surface area (Å²) in [6, 6.07) is 3.14. The number of hydrogen-bond donors (Lipinski definition) is 2. The van der Waals surface area contributed by atoms with Gasteiger partial charge in [0.25, 0.3) is 0 Å². The predicted molar refractivity (Wildman–Crippen MR) is 78.0 cm³/mol. The van der Waals surface area contributed by atoms with Crippen molar-refractivity contribution < 1.29 is 13.2 Å². The highest BCUT2D eigenvalue weighted by Gasteiger charge is 2.13. The van der Waals surface area contributed by atoms with Crippen molar-refractivity contribution in [2.75, 3.05) is 17.2 Å². The van der Waals surface area contributed by atoms with Crippen molar-refractivity contribution in [3.63, 3.8) is 0 Å². The van der Waals surface area contributed by atoms with Gasteiger partial charge in [0.1, 0.15) is 0 Å². The fourth-order valence-corrected chi connectivity index (χ4v) is 2.10. The van der Waals surface area contributed by atoms with Crippen LogP contribution in [-0.2, 0) is 0 Å². The third-order valence-electron chi connectivity index (χ3n) is 2.52. The van der Waals surface area contributed by atoms with Crippen molar-refractivity contribution in [1.82, 2.24) is 4.98 Å². The number of aromatic nitrogens is 1. The molecule has 0 aliphatic carbocycles. The van der Waals surface area contributed by atoms with Crippen LogP contribution in [0.15, 0.2) is 18.2 Å². The van der Waals surface area contributed by atoms with E-state index in [1.54, 1.807) is 6.92 Å². The van der Waals surface area contributed by atoms with Crippen LogP contribution < -0.4 is 10.6 Å². The van der Waals surface area contributed by atoms with E-state index in [0.717, 1.165) is 0 Å². The highest BCUT2D eigenvalue weighted by Crippen LogP contribution is 2.30. The average molecular weight is 336 g/mol. The van der Waals surface area contributed by atoms with Gasteiger partial charge in [0.2, 0.25) is 0 Å². The van der Waals surface area contributed by atoms with E-state index in [0.29, 0.717) is 12.6 Å². The number of pyridine rings is 1. The van der Waals surface area contributed by atoms with E-state index in [9.17, 15) is 13.2 Å². The molecule has 0 saturated carbocycles. The van der Waals surface area contributed by atoms with E-state index < -0.39 is 17.5 Å². The average Bonchev–Trinajstić information content (AvgIpc) is 2.41. The molecule has 0 bridgehead atoms. The summed E-state index contributed by atoms with van der Waals surface area (Å²) in [5, 5.41) is 4.79. The Morgan fingerprint density at radius 3 is 2.14 bits per heavy atom. The molecule has 8 heteroatoms. The van der Waals surface area contributed by atoms with Crippen LogP contribution in [0.1, 0.15) is 6.92 Å². The normalized spacial score (nSPS) is 10.6. The Hall–Kier alpha value is -1.66. The first-order chi connectivity index (χ1) is 9.92. The Morgan fingerprint density at radius 2 is 1.57 bits per heavy atom. The lowest BCUT2D eigenvalue weighted by molar-refractivity contribution is 0.579. The summed E-state index contributed by atoms with van der Waals surface area (Å²) in [5.74, 6) is -2.81. The first-order valence-electron chi connectivity index (χ1n) is 5.93. The van der Waals surface area contributed by atoms with Crippen LogP contribution in [0.5, 0.6) is 0 Å². The summed E-state index contributed by atoms with van der Waals surface area (Å²) in [5.41, 5.74) is 0.229. The van der Waals surface area contributed by atoms with Crippen molar-refractivity contribution in [3.8, 4) is 0 Å². The molecule has 0 amide bonds. The summed E-state index contributed by atoms with van der Waals surface area (Å²) < 4.78 is 40.5. The number of halogens is 5. The van der Waals surface area contributed by atoms with E-state index in [1.165, 1.54) is 12.1 Å². The molecule has 2 rings (SSSR count). The van der Waals surface area contributed by atoms with E-state index in [-0.39, 0.29) is 27.4 Å². The predicted octanol–water partition coefficient (Wildman–Crippen LogP) is 4.98. The topological polar surface area (TPSA) is 37.0 Å². The van der Waals surface area contributed by atoms with E-state index in [4.69, 9.17) is 23.2 Å². The minimum Gasteiger partial charge on any atom is -0.368 e. The fraction of sp³-hybridized carbons (Fsp3) is 0.154. The molecule has 1 aromatic carbocycles. The number of hydrogen-bond acceptors (Lipinski definition) is 3. The highest BCUT2D eigenvalue weighted by molar-refractivity contribution is 6.35. The van der Waals surface area contributed by atoms with Gasteiger partial charge in [0, 0.05) is 18.3 Å². The Bertz CT molecular complexity index is 657. The molecular weight excluding hydrogens is 326 g/mol. The quantitative estimate of drug-likeness (QED) is 0.773. The molecule has 2 N–H and O–H groups in total. The summed E-state index contributed by atoms with van der Waals surface area (Å²) in [6.45, 7) is 2.17. The lowest BCUT2D eigenvalue weighted by Gasteiger charge is -2.11. The molecule has 1 heterocycles. The standard InChI is InChI=1S/C13H10Cl2F3N3/c1-2-19-12-9(16)5-10(17)13(21-12)20-6-3-7(14)11(18)8(15)4-6/h3-5H,2H2,1H3,(H2,19,20,21). The zero-order valence-electron chi connectivity index (χ0n) is 10.8. The third-order valence-corrected chi connectivity index (χ3v) is 3.07. The van der Waals surface area contributed by atoms with Gasteiger partial charge in [-0.2, -0.15) is 0 Å². The van der Waals surface area contributed by atoms with Crippen molar-refractivity contribution in [3.05, 3.63) is 45.7 Å². The Labute approximate surface area is 129 Å². The van der Waals surface area contributed by atoms with Crippen LogP contribution in [0.2, 0.25) is 10.0 Å². The van der Waals surface area contributed by atoms with Gasteiger partial charge >= 0.3 is 0 Å². The lowest BCUT2D eigenvalue weighted by atomic mass is 10.3.